The highest BCUT2D eigenvalue weighted by Gasteiger charge is 2.33. The molecule has 0 aromatic heterocycles. The Kier molecular flexibility index (Phi) is 3.39. The van der Waals surface area contributed by atoms with E-state index in [1.54, 1.807) is 6.07 Å². The Balaban J connectivity index is 2.08. The summed E-state index contributed by atoms with van der Waals surface area (Å²) in [4.78, 5) is 11.1. The van der Waals surface area contributed by atoms with Crippen LogP contribution in [0.1, 0.15) is 0 Å². The Hall–Kier alpha value is -3.34. The number of hydrogen-bond acceptors (Lipinski definition) is 4. The summed E-state index contributed by atoms with van der Waals surface area (Å²) in [6.07, 6.45) is 0. The topological polar surface area (TPSA) is 61.6 Å². The molecule has 0 spiro atoms. The minimum atomic E-state index is -0.453. The van der Waals surface area contributed by atoms with Crippen LogP contribution in [0.25, 0.3) is 22.3 Å². The first kappa shape index (κ1) is 14.3. The number of nitrogens with zero attached hydrogens (tertiary/aromatic N) is 1. The molecule has 0 atom stereocenters. The fraction of sp³-hybridized carbons (Fsp3) is 0.0526. The lowest BCUT2D eigenvalue weighted by molar-refractivity contribution is -0.388. The maximum absolute atomic E-state index is 11.5. The Bertz CT molecular complexity index is 908. The molecule has 0 amide bonds. The van der Waals surface area contributed by atoms with E-state index in [-0.39, 0.29) is 24.0 Å². The first-order valence-electron chi connectivity index (χ1n) is 7.47. The van der Waals surface area contributed by atoms with Crippen LogP contribution in [0.15, 0.2) is 66.7 Å². The monoisotopic (exact) mass is 319 g/mol. The predicted octanol–water partition coefficient (Wildman–Crippen LogP) is 4.66. The van der Waals surface area contributed by atoms with Gasteiger partial charge in [0.15, 0.2) is 0 Å². The molecule has 1 heterocycles. The van der Waals surface area contributed by atoms with E-state index in [0.717, 1.165) is 16.7 Å². The second-order valence-electron chi connectivity index (χ2n) is 5.37. The Labute approximate surface area is 138 Å². The van der Waals surface area contributed by atoms with E-state index in [9.17, 15) is 10.1 Å². The third-order valence-electron chi connectivity index (χ3n) is 3.97. The number of nitro benzene ring substituents is 1. The van der Waals surface area contributed by atoms with Gasteiger partial charge in [-0.2, -0.15) is 0 Å². The number of nitro groups is 1. The lowest BCUT2D eigenvalue weighted by Gasteiger charge is -2.22. The molecular weight excluding hydrogens is 306 g/mol. The third kappa shape index (κ3) is 2.27. The van der Waals surface area contributed by atoms with Crippen LogP contribution in [0.5, 0.6) is 11.5 Å². The van der Waals surface area contributed by atoms with E-state index in [1.807, 2.05) is 60.7 Å². The van der Waals surface area contributed by atoms with E-state index in [1.165, 1.54) is 0 Å². The van der Waals surface area contributed by atoms with Gasteiger partial charge in [-0.05, 0) is 22.8 Å². The molecule has 4 rings (SSSR count). The largest absolute Gasteiger partial charge is 0.450 e. The molecule has 0 radical (unpaired) electrons. The first-order chi connectivity index (χ1) is 11.8. The van der Waals surface area contributed by atoms with Gasteiger partial charge >= 0.3 is 5.69 Å². The zero-order valence-corrected chi connectivity index (χ0v) is 12.6. The van der Waals surface area contributed by atoms with Gasteiger partial charge in [0.25, 0.3) is 0 Å². The average molecular weight is 319 g/mol. The van der Waals surface area contributed by atoms with Gasteiger partial charge in [-0.3, -0.25) is 10.1 Å². The maximum Gasteiger partial charge on any atom is 0.353 e. The summed E-state index contributed by atoms with van der Waals surface area (Å²) >= 11 is 0. The van der Waals surface area contributed by atoms with E-state index in [0.29, 0.717) is 5.56 Å². The zero-order valence-electron chi connectivity index (χ0n) is 12.6. The predicted molar refractivity (Wildman–Crippen MR) is 90.1 cm³/mol. The van der Waals surface area contributed by atoms with Crippen molar-refractivity contribution < 1.29 is 14.4 Å². The fourth-order valence-corrected chi connectivity index (χ4v) is 2.94. The molecule has 3 aromatic carbocycles. The molecule has 2 bridgehead atoms. The van der Waals surface area contributed by atoms with Gasteiger partial charge in [0.1, 0.15) is 0 Å². The molecule has 5 nitrogen and oxygen atoms in total. The van der Waals surface area contributed by atoms with Crippen molar-refractivity contribution in [3.05, 3.63) is 76.8 Å². The van der Waals surface area contributed by atoms with Crippen molar-refractivity contribution in [1.82, 2.24) is 0 Å². The standard InChI is InChI=1S/C19H13NO4/c21-20(22)18-16-11-15(13-7-3-1-4-8-13)17(19(18)24-12-23-16)14-9-5-2-6-10-14/h1-11H,12H2. The molecule has 0 saturated carbocycles. The van der Waals surface area contributed by atoms with Crippen LogP contribution in [0.3, 0.4) is 0 Å². The highest BCUT2D eigenvalue weighted by Crippen LogP contribution is 2.51. The molecule has 5 heteroatoms. The zero-order chi connectivity index (χ0) is 16.5. The third-order valence-corrected chi connectivity index (χ3v) is 3.97. The van der Waals surface area contributed by atoms with Crippen LogP contribution >= 0.6 is 0 Å². The summed E-state index contributed by atoms with van der Waals surface area (Å²) in [5.74, 6) is 0.494. The Morgan fingerprint density at radius 3 is 2.12 bits per heavy atom. The highest BCUT2D eigenvalue weighted by molar-refractivity contribution is 5.92. The van der Waals surface area contributed by atoms with Crippen LogP contribution in [-0.4, -0.2) is 11.7 Å². The van der Waals surface area contributed by atoms with Crippen molar-refractivity contribution in [2.75, 3.05) is 6.79 Å². The smallest absolute Gasteiger partial charge is 0.353 e. The molecular formula is C19H13NO4. The minimum Gasteiger partial charge on any atom is -0.450 e. The molecule has 118 valence electrons. The molecule has 0 saturated heterocycles. The summed E-state index contributed by atoms with van der Waals surface area (Å²) in [6, 6.07) is 21.0. The van der Waals surface area contributed by atoms with Gasteiger partial charge in [0.2, 0.25) is 18.3 Å². The summed E-state index contributed by atoms with van der Waals surface area (Å²) in [6.45, 7) is -0.0308. The van der Waals surface area contributed by atoms with Crippen molar-refractivity contribution in [3.63, 3.8) is 0 Å². The number of benzene rings is 3. The quantitative estimate of drug-likeness (QED) is 0.520. The van der Waals surface area contributed by atoms with Crippen LogP contribution < -0.4 is 9.47 Å². The van der Waals surface area contributed by atoms with E-state index in [4.69, 9.17) is 9.47 Å². The molecule has 0 N–H and O–H groups in total. The van der Waals surface area contributed by atoms with Crippen molar-refractivity contribution in [2.24, 2.45) is 0 Å². The van der Waals surface area contributed by atoms with Crippen molar-refractivity contribution in [2.45, 2.75) is 0 Å². The molecule has 1 aliphatic heterocycles. The van der Waals surface area contributed by atoms with Crippen molar-refractivity contribution >= 4 is 5.69 Å². The van der Waals surface area contributed by atoms with Gasteiger partial charge in [-0.25, -0.2) is 0 Å². The summed E-state index contributed by atoms with van der Waals surface area (Å²) in [5.41, 5.74) is 3.24. The van der Waals surface area contributed by atoms with E-state index in [2.05, 4.69) is 0 Å². The molecule has 0 fully saturated rings. The average Bonchev–Trinajstić information content (AvgIpc) is 2.62. The fourth-order valence-electron chi connectivity index (χ4n) is 2.94. The van der Waals surface area contributed by atoms with Gasteiger partial charge in [-0.1, -0.05) is 60.7 Å². The summed E-state index contributed by atoms with van der Waals surface area (Å²) < 4.78 is 10.9. The molecule has 0 aliphatic carbocycles. The SMILES string of the molecule is O=[N+]([O-])c1c2cc(-c3ccccc3)c(-c3ccccc3)c1OCO2. The van der Waals surface area contributed by atoms with Gasteiger partial charge in [0, 0.05) is 5.56 Å². The second kappa shape index (κ2) is 5.70. The van der Waals surface area contributed by atoms with E-state index >= 15 is 0 Å². The number of fused-ring (bicyclic) bond motifs is 2. The van der Waals surface area contributed by atoms with E-state index < -0.39 is 4.92 Å². The normalized spacial score (nSPS) is 12.2. The molecule has 1 aliphatic rings. The lowest BCUT2D eigenvalue weighted by atomic mass is 9.92. The van der Waals surface area contributed by atoms with Gasteiger partial charge in [-0.15, -0.1) is 0 Å². The van der Waals surface area contributed by atoms with Crippen molar-refractivity contribution in [1.29, 1.82) is 0 Å². The first-order valence-corrected chi connectivity index (χ1v) is 7.47. The number of hydrogen-bond donors (Lipinski definition) is 0. The highest BCUT2D eigenvalue weighted by atomic mass is 16.7. The van der Waals surface area contributed by atoms with Crippen LogP contribution in [0.4, 0.5) is 5.69 Å². The molecule has 3 aromatic rings. The Morgan fingerprint density at radius 2 is 1.50 bits per heavy atom. The van der Waals surface area contributed by atoms with Crippen LogP contribution in [-0.2, 0) is 0 Å². The molecule has 0 unspecified atom stereocenters. The minimum absolute atomic E-state index is 0.0308. The van der Waals surface area contributed by atoms with Gasteiger partial charge < -0.3 is 9.47 Å². The van der Waals surface area contributed by atoms with Gasteiger partial charge in [0.05, 0.1) is 4.92 Å². The van der Waals surface area contributed by atoms with Crippen molar-refractivity contribution in [3.8, 4) is 33.8 Å². The maximum atomic E-state index is 11.5. The second-order valence-corrected chi connectivity index (χ2v) is 5.37. The summed E-state index contributed by atoms with van der Waals surface area (Å²) in [7, 11) is 0. The Morgan fingerprint density at radius 1 is 0.875 bits per heavy atom. The van der Waals surface area contributed by atoms with Crippen LogP contribution in [0, 0.1) is 10.1 Å². The molecule has 24 heavy (non-hydrogen) atoms. The number of ether oxygens (including phenoxy) is 2. The summed E-state index contributed by atoms with van der Waals surface area (Å²) in [5, 5.41) is 11.5. The van der Waals surface area contributed by atoms with Crippen LogP contribution in [0.2, 0.25) is 0 Å². The lowest BCUT2D eigenvalue weighted by Crippen LogP contribution is -2.15. The number of rotatable bonds is 3.